The minimum Gasteiger partial charge on any atom is -0.283 e. The average Bonchev–Trinajstić information content (AvgIpc) is 2.75. The van der Waals surface area contributed by atoms with Crippen LogP contribution in [0.5, 0.6) is 0 Å². The lowest BCUT2D eigenvalue weighted by atomic mass is 10.0. The Balaban J connectivity index is 1.54. The molecule has 3 aromatic carbocycles. The van der Waals surface area contributed by atoms with Crippen LogP contribution in [0.3, 0.4) is 0 Å². The zero-order valence-electron chi connectivity index (χ0n) is 17.5. The van der Waals surface area contributed by atoms with Crippen LogP contribution in [0.2, 0.25) is 5.02 Å². The lowest BCUT2D eigenvalue weighted by Gasteiger charge is -2.28. The van der Waals surface area contributed by atoms with E-state index in [0.717, 1.165) is 22.3 Å². The van der Waals surface area contributed by atoms with Gasteiger partial charge >= 0.3 is 0 Å². The smallest absolute Gasteiger partial charge is 0.243 e. The Morgan fingerprint density at radius 2 is 1.66 bits per heavy atom. The van der Waals surface area contributed by atoms with E-state index in [0.29, 0.717) is 23.7 Å². The van der Waals surface area contributed by atoms with E-state index in [2.05, 4.69) is 4.72 Å². The van der Waals surface area contributed by atoms with E-state index in [1.165, 1.54) is 16.4 Å². The highest BCUT2D eigenvalue weighted by atomic mass is 35.5. The number of sulfonamides is 2. The second kappa shape index (κ2) is 8.86. The maximum absolute atomic E-state index is 13.0. The molecule has 0 aliphatic carbocycles. The second-order valence-corrected chi connectivity index (χ2v) is 11.9. The number of hydrogen-bond acceptors (Lipinski definition) is 4. The van der Waals surface area contributed by atoms with Crippen molar-refractivity contribution in [3.05, 3.63) is 94.0 Å². The molecular weight excluding hydrogens is 468 g/mol. The third kappa shape index (κ3) is 4.99. The minimum absolute atomic E-state index is 0.131. The molecule has 0 fully saturated rings. The van der Waals surface area contributed by atoms with Crippen molar-refractivity contribution in [2.24, 2.45) is 0 Å². The van der Waals surface area contributed by atoms with Crippen LogP contribution in [0.15, 0.2) is 71.6 Å². The van der Waals surface area contributed by atoms with Gasteiger partial charge in [0, 0.05) is 23.8 Å². The van der Waals surface area contributed by atoms with Crippen LogP contribution < -0.4 is 4.72 Å². The van der Waals surface area contributed by atoms with Crippen molar-refractivity contribution in [1.29, 1.82) is 0 Å². The molecule has 9 heteroatoms. The topological polar surface area (TPSA) is 83.6 Å². The lowest BCUT2D eigenvalue weighted by Crippen LogP contribution is -2.36. The summed E-state index contributed by atoms with van der Waals surface area (Å²) in [6.45, 7) is 2.41. The molecule has 0 radical (unpaired) electrons. The quantitative estimate of drug-likeness (QED) is 0.557. The van der Waals surface area contributed by atoms with Crippen LogP contribution in [-0.2, 0) is 38.8 Å². The number of hydrogen-bond donors (Lipinski definition) is 1. The number of anilines is 1. The van der Waals surface area contributed by atoms with E-state index in [9.17, 15) is 16.8 Å². The van der Waals surface area contributed by atoms with E-state index in [1.54, 1.807) is 30.3 Å². The summed E-state index contributed by atoms with van der Waals surface area (Å²) in [5, 5.41) is 0.468. The fourth-order valence-corrected chi connectivity index (χ4v) is 6.58. The van der Waals surface area contributed by atoms with Gasteiger partial charge in [-0.2, -0.15) is 4.31 Å². The Morgan fingerprint density at radius 1 is 0.938 bits per heavy atom. The fourth-order valence-electron chi connectivity index (χ4n) is 3.75. The molecule has 6 nitrogen and oxygen atoms in total. The van der Waals surface area contributed by atoms with Crippen molar-refractivity contribution in [3.8, 4) is 0 Å². The number of aryl methyl sites for hydroxylation is 1. The van der Waals surface area contributed by atoms with E-state index >= 15 is 0 Å². The molecule has 168 valence electrons. The predicted molar refractivity (Wildman–Crippen MR) is 127 cm³/mol. The summed E-state index contributed by atoms with van der Waals surface area (Å²) < 4.78 is 55.5. The van der Waals surface area contributed by atoms with Gasteiger partial charge in [0.2, 0.25) is 20.0 Å². The van der Waals surface area contributed by atoms with Gasteiger partial charge < -0.3 is 0 Å². The third-order valence-corrected chi connectivity index (χ3v) is 8.86. The Bertz CT molecular complexity index is 1350. The Kier molecular flexibility index (Phi) is 6.31. The van der Waals surface area contributed by atoms with Crippen molar-refractivity contribution in [2.75, 3.05) is 11.3 Å². The van der Waals surface area contributed by atoms with Crippen LogP contribution >= 0.6 is 11.6 Å². The van der Waals surface area contributed by atoms with Gasteiger partial charge in [-0.25, -0.2) is 16.8 Å². The number of halogens is 1. The maximum Gasteiger partial charge on any atom is 0.243 e. The monoisotopic (exact) mass is 490 g/mol. The molecule has 0 aromatic heterocycles. The van der Waals surface area contributed by atoms with Gasteiger partial charge in [0.05, 0.1) is 10.6 Å². The van der Waals surface area contributed by atoms with Gasteiger partial charge in [0.1, 0.15) is 0 Å². The summed E-state index contributed by atoms with van der Waals surface area (Å²) in [6, 6.07) is 18.7. The Labute approximate surface area is 193 Å². The standard InChI is InChI=1S/C23H23ClN2O4S2/c1-17-4-2-3-5-19(17)16-31(27,28)25-22-9-6-18-12-13-26(15-20(18)14-22)32(29,30)23-10-7-21(24)8-11-23/h2-11,14,25H,12-13,15-16H2,1H3. The zero-order chi connectivity index (χ0) is 22.9. The molecule has 1 aliphatic rings. The molecule has 32 heavy (non-hydrogen) atoms. The molecule has 0 spiro atoms. The van der Waals surface area contributed by atoms with Gasteiger partial charge in [0.25, 0.3) is 0 Å². The molecule has 0 atom stereocenters. The van der Waals surface area contributed by atoms with Crippen LogP contribution in [0.25, 0.3) is 0 Å². The van der Waals surface area contributed by atoms with Crippen molar-refractivity contribution in [3.63, 3.8) is 0 Å². The van der Waals surface area contributed by atoms with Gasteiger partial charge in [-0.1, -0.05) is 41.9 Å². The average molecular weight is 491 g/mol. The first-order valence-electron chi connectivity index (χ1n) is 10.1. The maximum atomic E-state index is 13.0. The molecule has 4 rings (SSSR count). The van der Waals surface area contributed by atoms with Crippen molar-refractivity contribution in [1.82, 2.24) is 4.31 Å². The van der Waals surface area contributed by atoms with Crippen molar-refractivity contribution < 1.29 is 16.8 Å². The predicted octanol–water partition coefficient (Wildman–Crippen LogP) is 4.34. The summed E-state index contributed by atoms with van der Waals surface area (Å²) >= 11 is 5.88. The van der Waals surface area contributed by atoms with Gasteiger partial charge in [-0.3, -0.25) is 4.72 Å². The molecule has 0 bridgehead atoms. The molecule has 0 saturated heterocycles. The van der Waals surface area contributed by atoms with Gasteiger partial charge in [-0.15, -0.1) is 0 Å². The summed E-state index contributed by atoms with van der Waals surface area (Å²) in [5.41, 5.74) is 3.85. The van der Waals surface area contributed by atoms with E-state index < -0.39 is 20.0 Å². The van der Waals surface area contributed by atoms with E-state index in [4.69, 9.17) is 11.6 Å². The Morgan fingerprint density at radius 3 is 2.38 bits per heavy atom. The van der Waals surface area contributed by atoms with Crippen molar-refractivity contribution in [2.45, 2.75) is 30.5 Å². The minimum atomic E-state index is -3.68. The first-order chi connectivity index (χ1) is 15.1. The number of benzene rings is 3. The zero-order valence-corrected chi connectivity index (χ0v) is 19.8. The number of nitrogens with zero attached hydrogens (tertiary/aromatic N) is 1. The van der Waals surface area contributed by atoms with Crippen LogP contribution in [0.4, 0.5) is 5.69 Å². The molecule has 3 aromatic rings. The number of rotatable bonds is 6. The summed E-state index contributed by atoms with van der Waals surface area (Å²) in [6.07, 6.45) is 0.554. The van der Waals surface area contributed by atoms with Crippen LogP contribution in [0, 0.1) is 6.92 Å². The molecule has 1 heterocycles. The highest BCUT2D eigenvalue weighted by Crippen LogP contribution is 2.28. The van der Waals surface area contributed by atoms with E-state index in [-0.39, 0.29) is 17.2 Å². The SMILES string of the molecule is Cc1ccccc1CS(=O)(=O)Nc1ccc2c(c1)CN(S(=O)(=O)c1ccc(Cl)cc1)CC2. The fraction of sp³-hybridized carbons (Fsp3) is 0.217. The summed E-state index contributed by atoms with van der Waals surface area (Å²) in [5.74, 6) is -0.131. The Hall–Kier alpha value is -2.39. The second-order valence-electron chi connectivity index (χ2n) is 7.81. The van der Waals surface area contributed by atoms with Crippen LogP contribution in [0.1, 0.15) is 22.3 Å². The largest absolute Gasteiger partial charge is 0.283 e. The first-order valence-corrected chi connectivity index (χ1v) is 13.5. The summed E-state index contributed by atoms with van der Waals surface area (Å²) in [4.78, 5) is 0.181. The summed E-state index contributed by atoms with van der Waals surface area (Å²) in [7, 11) is -7.30. The highest BCUT2D eigenvalue weighted by Gasteiger charge is 2.28. The molecule has 0 saturated carbocycles. The normalized spacial score (nSPS) is 14.7. The molecule has 1 aliphatic heterocycles. The third-order valence-electron chi connectivity index (χ3n) is 5.52. The highest BCUT2D eigenvalue weighted by molar-refractivity contribution is 7.92. The first kappa shape index (κ1) is 22.8. The van der Waals surface area contributed by atoms with Crippen molar-refractivity contribution >= 4 is 37.3 Å². The number of nitrogens with one attached hydrogen (secondary N) is 1. The molecule has 0 unspecified atom stereocenters. The number of fused-ring (bicyclic) bond motifs is 1. The molecule has 0 amide bonds. The van der Waals surface area contributed by atoms with Gasteiger partial charge in [0.15, 0.2) is 0 Å². The lowest BCUT2D eigenvalue weighted by molar-refractivity contribution is 0.391. The van der Waals surface area contributed by atoms with Gasteiger partial charge in [-0.05, 0) is 72.0 Å². The molecule has 1 N–H and O–H groups in total. The van der Waals surface area contributed by atoms with Crippen LogP contribution in [-0.4, -0.2) is 27.7 Å². The molecular formula is C23H23ClN2O4S2. The van der Waals surface area contributed by atoms with E-state index in [1.807, 2.05) is 31.2 Å².